The van der Waals surface area contributed by atoms with E-state index in [1.807, 2.05) is 36.4 Å². The highest BCUT2D eigenvalue weighted by Crippen LogP contribution is 2.22. The molecule has 3 rings (SSSR count). The molecule has 0 N–H and O–H groups in total. The highest BCUT2D eigenvalue weighted by molar-refractivity contribution is 9.10. The Labute approximate surface area is 142 Å². The lowest BCUT2D eigenvalue weighted by atomic mass is 10.2. The molecule has 1 heterocycles. The van der Waals surface area contributed by atoms with Crippen LogP contribution in [0.1, 0.15) is 21.8 Å². The molecular formula is C18H14BrNO3. The van der Waals surface area contributed by atoms with E-state index >= 15 is 0 Å². The molecule has 0 unspecified atom stereocenters. The molecule has 0 atom stereocenters. The first-order chi connectivity index (χ1) is 11.1. The molecule has 2 aromatic carbocycles. The van der Waals surface area contributed by atoms with Crippen LogP contribution in [0.5, 0.6) is 0 Å². The lowest BCUT2D eigenvalue weighted by Crippen LogP contribution is -2.06. The summed E-state index contributed by atoms with van der Waals surface area (Å²) in [5.41, 5.74) is 1.99. The molecule has 3 aromatic rings. The maximum Gasteiger partial charge on any atom is 0.339 e. The molecule has 0 spiro atoms. The van der Waals surface area contributed by atoms with E-state index in [4.69, 9.17) is 9.15 Å². The Morgan fingerprint density at radius 1 is 1.13 bits per heavy atom. The van der Waals surface area contributed by atoms with Crippen LogP contribution in [0, 0.1) is 6.92 Å². The zero-order valence-corrected chi connectivity index (χ0v) is 14.0. The number of carbonyl (C=O) groups is 1. The molecule has 23 heavy (non-hydrogen) atoms. The molecule has 0 amide bonds. The van der Waals surface area contributed by atoms with E-state index in [1.54, 1.807) is 25.1 Å². The zero-order chi connectivity index (χ0) is 16.2. The van der Waals surface area contributed by atoms with Gasteiger partial charge in [0.15, 0.2) is 0 Å². The average molecular weight is 372 g/mol. The van der Waals surface area contributed by atoms with E-state index in [0.29, 0.717) is 27.4 Å². The highest BCUT2D eigenvalue weighted by atomic mass is 79.9. The van der Waals surface area contributed by atoms with Gasteiger partial charge < -0.3 is 9.15 Å². The van der Waals surface area contributed by atoms with Crippen molar-refractivity contribution in [1.82, 2.24) is 4.98 Å². The van der Waals surface area contributed by atoms with Crippen molar-refractivity contribution in [2.75, 3.05) is 0 Å². The van der Waals surface area contributed by atoms with Crippen molar-refractivity contribution >= 4 is 21.9 Å². The van der Waals surface area contributed by atoms with Gasteiger partial charge in [-0.1, -0.05) is 30.3 Å². The van der Waals surface area contributed by atoms with Crippen molar-refractivity contribution in [3.8, 4) is 11.5 Å². The van der Waals surface area contributed by atoms with Crippen LogP contribution in [0.25, 0.3) is 11.5 Å². The van der Waals surface area contributed by atoms with Crippen LogP contribution >= 0.6 is 15.9 Å². The lowest BCUT2D eigenvalue weighted by Gasteiger charge is -2.04. The second kappa shape index (κ2) is 6.79. The standard InChI is InChI=1S/C18H14BrNO3/c1-12-16(20-17(23-12)13-7-3-2-4-8-13)11-22-18(21)14-9-5-6-10-15(14)19/h2-10H,11H2,1H3. The van der Waals surface area contributed by atoms with Gasteiger partial charge in [-0.3, -0.25) is 0 Å². The number of benzene rings is 2. The molecular weight excluding hydrogens is 358 g/mol. The predicted octanol–water partition coefficient (Wildman–Crippen LogP) is 4.77. The largest absolute Gasteiger partial charge is 0.455 e. The molecule has 0 aliphatic heterocycles. The summed E-state index contributed by atoms with van der Waals surface area (Å²) in [5.74, 6) is 0.764. The minimum absolute atomic E-state index is 0.0718. The second-order valence-electron chi connectivity index (χ2n) is 4.94. The van der Waals surface area contributed by atoms with Gasteiger partial charge in [-0.25, -0.2) is 9.78 Å². The van der Waals surface area contributed by atoms with Gasteiger partial charge in [-0.15, -0.1) is 0 Å². The van der Waals surface area contributed by atoms with E-state index in [0.717, 1.165) is 5.56 Å². The molecule has 0 aliphatic carbocycles. The number of aromatic nitrogens is 1. The predicted molar refractivity (Wildman–Crippen MR) is 89.9 cm³/mol. The fourth-order valence-electron chi connectivity index (χ4n) is 2.10. The first kappa shape index (κ1) is 15.5. The second-order valence-corrected chi connectivity index (χ2v) is 5.80. The number of hydrogen-bond donors (Lipinski definition) is 0. The Morgan fingerprint density at radius 3 is 2.57 bits per heavy atom. The number of oxazole rings is 1. The van der Waals surface area contributed by atoms with Gasteiger partial charge in [0.1, 0.15) is 18.1 Å². The number of halogens is 1. The van der Waals surface area contributed by atoms with Crippen molar-refractivity contribution in [3.63, 3.8) is 0 Å². The van der Waals surface area contributed by atoms with Gasteiger partial charge >= 0.3 is 5.97 Å². The Kier molecular flexibility index (Phi) is 4.57. The summed E-state index contributed by atoms with van der Waals surface area (Å²) in [6.07, 6.45) is 0. The molecule has 4 nitrogen and oxygen atoms in total. The smallest absolute Gasteiger partial charge is 0.339 e. The minimum Gasteiger partial charge on any atom is -0.455 e. The normalized spacial score (nSPS) is 10.5. The van der Waals surface area contributed by atoms with Crippen molar-refractivity contribution in [1.29, 1.82) is 0 Å². The van der Waals surface area contributed by atoms with Crippen LogP contribution in [-0.4, -0.2) is 11.0 Å². The van der Waals surface area contributed by atoms with E-state index in [-0.39, 0.29) is 6.61 Å². The summed E-state index contributed by atoms with van der Waals surface area (Å²) in [5, 5.41) is 0. The molecule has 116 valence electrons. The fraction of sp³-hybridized carbons (Fsp3) is 0.111. The highest BCUT2D eigenvalue weighted by Gasteiger charge is 2.15. The summed E-state index contributed by atoms with van der Waals surface area (Å²) >= 11 is 3.34. The van der Waals surface area contributed by atoms with Gasteiger partial charge in [0.05, 0.1) is 5.56 Å². The molecule has 0 radical (unpaired) electrons. The number of aryl methyl sites for hydroxylation is 1. The SMILES string of the molecule is Cc1oc(-c2ccccc2)nc1COC(=O)c1ccccc1Br. The summed E-state index contributed by atoms with van der Waals surface area (Å²) in [6.45, 7) is 1.88. The van der Waals surface area contributed by atoms with E-state index in [9.17, 15) is 4.79 Å². The third-order valence-electron chi connectivity index (χ3n) is 3.35. The van der Waals surface area contributed by atoms with E-state index < -0.39 is 5.97 Å². The minimum atomic E-state index is -0.402. The first-order valence-corrected chi connectivity index (χ1v) is 7.88. The molecule has 0 saturated carbocycles. The lowest BCUT2D eigenvalue weighted by molar-refractivity contribution is 0.0466. The zero-order valence-electron chi connectivity index (χ0n) is 12.5. The fourth-order valence-corrected chi connectivity index (χ4v) is 2.55. The van der Waals surface area contributed by atoms with Gasteiger partial charge in [0.2, 0.25) is 5.89 Å². The average Bonchev–Trinajstić information content (AvgIpc) is 2.95. The van der Waals surface area contributed by atoms with Crippen molar-refractivity contribution < 1.29 is 13.9 Å². The van der Waals surface area contributed by atoms with Crippen LogP contribution in [-0.2, 0) is 11.3 Å². The molecule has 5 heteroatoms. The Bertz CT molecular complexity index is 827. The maximum absolute atomic E-state index is 12.1. The number of nitrogens with zero attached hydrogens (tertiary/aromatic N) is 1. The molecule has 0 bridgehead atoms. The summed E-state index contributed by atoms with van der Waals surface area (Å²) < 4.78 is 11.7. The summed E-state index contributed by atoms with van der Waals surface area (Å²) in [7, 11) is 0. The maximum atomic E-state index is 12.1. The van der Waals surface area contributed by atoms with E-state index in [2.05, 4.69) is 20.9 Å². The number of hydrogen-bond acceptors (Lipinski definition) is 4. The van der Waals surface area contributed by atoms with Crippen LogP contribution in [0.15, 0.2) is 63.5 Å². The van der Waals surface area contributed by atoms with Gasteiger partial charge in [0.25, 0.3) is 0 Å². The van der Waals surface area contributed by atoms with Crippen LogP contribution in [0.4, 0.5) is 0 Å². The quantitative estimate of drug-likeness (QED) is 0.619. The van der Waals surface area contributed by atoms with Crippen molar-refractivity contribution in [2.24, 2.45) is 0 Å². The summed E-state index contributed by atoms with van der Waals surface area (Å²) in [6, 6.07) is 16.7. The number of ether oxygens (including phenoxy) is 1. The van der Waals surface area contributed by atoms with E-state index in [1.165, 1.54) is 0 Å². The van der Waals surface area contributed by atoms with Crippen molar-refractivity contribution in [3.05, 3.63) is 76.1 Å². The van der Waals surface area contributed by atoms with Crippen LogP contribution in [0.3, 0.4) is 0 Å². The molecule has 0 fully saturated rings. The topological polar surface area (TPSA) is 52.3 Å². The monoisotopic (exact) mass is 371 g/mol. The van der Waals surface area contributed by atoms with Gasteiger partial charge in [-0.05, 0) is 47.1 Å². The van der Waals surface area contributed by atoms with Crippen LogP contribution < -0.4 is 0 Å². The Hall–Kier alpha value is -2.40. The molecule has 1 aromatic heterocycles. The number of carbonyl (C=O) groups excluding carboxylic acids is 1. The Balaban J connectivity index is 1.73. The Morgan fingerprint density at radius 2 is 1.83 bits per heavy atom. The summed E-state index contributed by atoms with van der Waals surface area (Å²) in [4.78, 5) is 16.5. The van der Waals surface area contributed by atoms with Crippen molar-refractivity contribution in [2.45, 2.75) is 13.5 Å². The van der Waals surface area contributed by atoms with Gasteiger partial charge in [0, 0.05) is 10.0 Å². The first-order valence-electron chi connectivity index (χ1n) is 7.08. The molecule has 0 saturated heterocycles. The third-order valence-corrected chi connectivity index (χ3v) is 4.04. The molecule has 0 aliphatic rings. The van der Waals surface area contributed by atoms with Crippen LogP contribution in [0.2, 0.25) is 0 Å². The number of esters is 1. The third kappa shape index (κ3) is 3.51. The van der Waals surface area contributed by atoms with Gasteiger partial charge in [-0.2, -0.15) is 0 Å². The number of rotatable bonds is 4.